The van der Waals surface area contributed by atoms with Crippen LogP contribution in [-0.2, 0) is 34.7 Å². The van der Waals surface area contributed by atoms with Crippen LogP contribution in [0.15, 0.2) is 20.2 Å². The van der Waals surface area contributed by atoms with Crippen LogP contribution >= 0.6 is 23.5 Å². The SMILES string of the molecule is CC1CC(C)C(NC2NC(N(C3=NC4CCC(C(=O)ON)CC4S3)C3C(C)CC(C)CC3C)CC(C)C2N=Nc2c(C#N)c(C(C)(C)C)nn2C2=NC3CCC(S(=O)(=O)NC4CC(C(=O)[O-])CC(C(=O)[O-])C4)CC3S2)C(C)C1.[Na+].[Na+]. The van der Waals surface area contributed by atoms with Gasteiger partial charge in [-0.3, -0.25) is 25.4 Å². The van der Waals surface area contributed by atoms with Crippen molar-refractivity contribution in [1.29, 1.82) is 5.26 Å². The first-order valence-electron chi connectivity index (χ1n) is 28.9. The summed E-state index contributed by atoms with van der Waals surface area (Å²) in [4.78, 5) is 54.4. The number of nitrogens with zero attached hydrogens (tertiary/aromatic N) is 8. The number of nitrogens with one attached hydrogen (secondary N) is 3. The molecule has 1 aromatic rings. The molecule has 1 aromatic heterocycles. The van der Waals surface area contributed by atoms with Crippen LogP contribution in [0.2, 0.25) is 0 Å². The van der Waals surface area contributed by atoms with Crippen molar-refractivity contribution < 1.29 is 97.0 Å². The molecule has 5 saturated carbocycles. The Morgan fingerprint density at radius 1 is 0.787 bits per heavy atom. The molecular formula is C55H84N12Na2O8S3. The molecule has 8 aliphatic rings. The largest absolute Gasteiger partial charge is 1.00 e. The number of carbonyl (C=O) groups excluding carboxylic acids is 3. The van der Waals surface area contributed by atoms with E-state index in [2.05, 4.69) is 74.8 Å². The molecule has 0 amide bonds. The number of sulfonamides is 1. The van der Waals surface area contributed by atoms with Gasteiger partial charge in [-0.15, -0.1) is 5.11 Å². The predicted octanol–water partition coefficient (Wildman–Crippen LogP) is -0.671. The number of thioether (sulfide) groups is 2. The molecule has 4 heterocycles. The van der Waals surface area contributed by atoms with Gasteiger partial charge in [0.15, 0.2) is 16.2 Å². The molecule has 1 saturated heterocycles. The number of rotatable bonds is 12. The van der Waals surface area contributed by atoms with Gasteiger partial charge in [-0.1, -0.05) is 92.8 Å². The summed E-state index contributed by atoms with van der Waals surface area (Å²) in [7, 11) is -4.01. The minimum atomic E-state index is -4.01. The zero-order chi connectivity index (χ0) is 56.3. The van der Waals surface area contributed by atoms with Gasteiger partial charge in [0.25, 0.3) is 0 Å². The Morgan fingerprint density at radius 3 is 1.96 bits per heavy atom. The van der Waals surface area contributed by atoms with Crippen molar-refractivity contribution in [3.8, 4) is 6.07 Å². The Kier molecular flexibility index (Phi) is 22.2. The molecular weight excluding hydrogens is 1100 g/mol. The molecule has 0 spiro atoms. The summed E-state index contributed by atoms with van der Waals surface area (Å²) in [5, 5.41) is 59.0. The number of amidine groups is 1. The Morgan fingerprint density at radius 2 is 1.38 bits per heavy atom. The number of carbonyl (C=O) groups is 3. The van der Waals surface area contributed by atoms with E-state index in [0.29, 0.717) is 77.6 Å². The third-order valence-corrected chi connectivity index (χ3v) is 23.5. The molecule has 6 fully saturated rings. The smallest absolute Gasteiger partial charge is 0.550 e. The molecule has 80 heavy (non-hydrogen) atoms. The molecule has 432 valence electrons. The number of piperidine rings is 1. The van der Waals surface area contributed by atoms with Crippen molar-refractivity contribution in [2.45, 2.75) is 229 Å². The maximum absolute atomic E-state index is 14.0. The Balaban J connectivity index is 0.00000462. The van der Waals surface area contributed by atoms with Gasteiger partial charge in [0.05, 0.1) is 41.3 Å². The van der Waals surface area contributed by atoms with Gasteiger partial charge in [0.2, 0.25) is 10.0 Å². The number of hydrogen-bond acceptors (Lipinski definition) is 20. The first kappa shape index (κ1) is 65.9. The molecule has 20 nitrogen and oxygen atoms in total. The average Bonchev–Trinajstić information content (AvgIpc) is 4.13. The van der Waals surface area contributed by atoms with E-state index in [9.17, 15) is 38.3 Å². The number of azo groups is 1. The molecule has 0 aromatic carbocycles. The summed E-state index contributed by atoms with van der Waals surface area (Å²) < 4.78 is 32.3. The fourth-order valence-electron chi connectivity index (χ4n) is 15.4. The molecule has 5 N–H and O–H groups in total. The number of aliphatic imine (C=N–C) groups is 2. The first-order chi connectivity index (χ1) is 36.8. The van der Waals surface area contributed by atoms with Crippen LogP contribution in [0.1, 0.15) is 170 Å². The number of carboxylic acid groups (broad SMARTS) is 2. The van der Waals surface area contributed by atoms with E-state index in [1.54, 1.807) is 4.68 Å². The van der Waals surface area contributed by atoms with E-state index in [4.69, 9.17) is 36.0 Å². The normalized spacial score (nSPS) is 39.3. The fraction of sp³-hybridized carbons (Fsp3) is 0.836. The minimum absolute atomic E-state index is 0. The van der Waals surface area contributed by atoms with E-state index in [1.165, 1.54) is 11.8 Å². The van der Waals surface area contributed by atoms with Gasteiger partial charge in [-0.25, -0.2) is 13.1 Å². The van der Waals surface area contributed by atoms with Crippen LogP contribution in [0.4, 0.5) is 5.82 Å². The number of aromatic nitrogens is 2. The Hall–Kier alpha value is -1.66. The molecule has 9 rings (SSSR count). The summed E-state index contributed by atoms with van der Waals surface area (Å²) in [6.45, 7) is 22.4. The van der Waals surface area contributed by atoms with E-state index in [0.717, 1.165) is 43.7 Å². The molecule has 0 bridgehead atoms. The van der Waals surface area contributed by atoms with Crippen LogP contribution in [0.3, 0.4) is 0 Å². The maximum Gasteiger partial charge on any atom is 1.00 e. The van der Waals surface area contributed by atoms with Gasteiger partial charge < -0.3 is 29.5 Å². The van der Waals surface area contributed by atoms with Gasteiger partial charge in [0, 0.05) is 57.8 Å². The third kappa shape index (κ3) is 14.3. The second-order valence-electron chi connectivity index (χ2n) is 26.3. The quantitative estimate of drug-likeness (QED) is 0.115. The number of aliphatic carboxylic acids is 2. The summed E-state index contributed by atoms with van der Waals surface area (Å²) in [5.74, 6) is 2.90. The molecule has 16 unspecified atom stereocenters. The van der Waals surface area contributed by atoms with Crippen LogP contribution in [0.5, 0.6) is 0 Å². The van der Waals surface area contributed by atoms with Gasteiger partial charge in [-0.2, -0.15) is 26.1 Å². The molecule has 0 radical (unpaired) electrons. The van der Waals surface area contributed by atoms with Crippen LogP contribution in [0, 0.1) is 70.5 Å². The molecule has 25 heteroatoms. The standard InChI is InChI=1S/C55H86N12O8S3.2Na/c1-26-15-28(3)44(29(4)16-26)61-48-45(30(5)19-43(60-48)66(46-31(6)17-27(2)18-32(46)7)53-58-39-13-11-33(52(72)75-57)23-41(39)76-53)62-63-49-38(25-56)47(55(8,9)10)64-67(49)54-59-40-14-12-37(24-42(40)77-54)78(73,74)65-36-21-34(50(68)69)20-35(22-36)51(70)71;;/h26-37,39-46,48,60-61,65H,11-24,57H2,1-10H3,(H,68,69)(H,70,71);;/q;2*+1/p-2. The molecule has 16 atom stereocenters. The summed E-state index contributed by atoms with van der Waals surface area (Å²) >= 11 is 3.22. The summed E-state index contributed by atoms with van der Waals surface area (Å²) in [6.07, 6.45) is 7.68. The van der Waals surface area contributed by atoms with Gasteiger partial charge in [-0.05, 0) is 131 Å². The first-order valence-corrected chi connectivity index (χ1v) is 32.2. The number of nitrogens with two attached hydrogens (primary N) is 1. The fourth-order valence-corrected chi connectivity index (χ4v) is 20.2. The summed E-state index contributed by atoms with van der Waals surface area (Å²) in [5.41, 5.74) is 0.286. The van der Waals surface area contributed by atoms with E-state index in [-0.39, 0.29) is 161 Å². The molecule has 5 aliphatic carbocycles. The number of nitriles is 1. The maximum atomic E-state index is 14.0. The summed E-state index contributed by atoms with van der Waals surface area (Å²) in [6, 6.07) is 1.48. The zero-order valence-corrected chi connectivity index (χ0v) is 55.6. The van der Waals surface area contributed by atoms with E-state index < -0.39 is 50.5 Å². The average molecular weight is 1180 g/mol. The second kappa shape index (κ2) is 26.9. The van der Waals surface area contributed by atoms with Gasteiger partial charge in [0.1, 0.15) is 17.7 Å². The zero-order valence-electron chi connectivity index (χ0n) is 49.2. The van der Waals surface area contributed by atoms with Crippen LogP contribution in [-0.4, -0.2) is 116 Å². The van der Waals surface area contributed by atoms with Gasteiger partial charge >= 0.3 is 65.1 Å². The predicted molar refractivity (Wildman–Crippen MR) is 297 cm³/mol. The van der Waals surface area contributed by atoms with Crippen molar-refractivity contribution in [3.63, 3.8) is 0 Å². The van der Waals surface area contributed by atoms with E-state index in [1.807, 2.05) is 32.5 Å². The Labute approximate surface area is 526 Å². The number of fused-ring (bicyclic) bond motifs is 2. The topological polar surface area (TPSA) is 297 Å². The third-order valence-electron chi connectivity index (χ3n) is 18.9. The van der Waals surface area contributed by atoms with Crippen LogP contribution in [0.25, 0.3) is 0 Å². The van der Waals surface area contributed by atoms with Crippen molar-refractivity contribution in [2.75, 3.05) is 0 Å². The number of hydrogen-bond donors (Lipinski definition) is 4. The van der Waals surface area contributed by atoms with E-state index >= 15 is 0 Å². The van der Waals surface area contributed by atoms with Crippen molar-refractivity contribution >= 4 is 67.6 Å². The molecule has 3 aliphatic heterocycles. The Bertz CT molecular complexity index is 2620. The van der Waals surface area contributed by atoms with Crippen molar-refractivity contribution in [3.05, 3.63) is 11.3 Å². The van der Waals surface area contributed by atoms with Crippen LogP contribution < -0.4 is 90.6 Å². The second-order valence-corrected chi connectivity index (χ2v) is 30.7. The minimum Gasteiger partial charge on any atom is -0.550 e. The monoisotopic (exact) mass is 1180 g/mol. The van der Waals surface area contributed by atoms with Crippen molar-refractivity contribution in [2.24, 2.45) is 85.3 Å². The van der Waals surface area contributed by atoms with Crippen molar-refractivity contribution in [1.82, 2.24) is 30.0 Å². The number of carboxylic acids is 2.